The molecule has 19 heavy (non-hydrogen) atoms. The number of nitrogens with one attached hydrogen (secondary N) is 1. The van der Waals surface area contributed by atoms with Gasteiger partial charge in [0, 0.05) is 36.2 Å². The van der Waals surface area contributed by atoms with E-state index in [4.69, 9.17) is 0 Å². The van der Waals surface area contributed by atoms with Gasteiger partial charge in [-0.05, 0) is 28.9 Å². The third-order valence-corrected chi connectivity index (χ3v) is 5.95. The molecule has 1 aliphatic rings. The van der Waals surface area contributed by atoms with E-state index in [1.807, 2.05) is 0 Å². The molecule has 1 aliphatic heterocycles. The lowest BCUT2D eigenvalue weighted by Crippen LogP contribution is -2.52. The van der Waals surface area contributed by atoms with Gasteiger partial charge in [0.25, 0.3) is 0 Å². The molecule has 0 spiro atoms. The van der Waals surface area contributed by atoms with Crippen molar-refractivity contribution in [2.45, 2.75) is 17.9 Å². The summed E-state index contributed by atoms with van der Waals surface area (Å²) in [5, 5.41) is 3.05. The number of hydrogen-bond acceptors (Lipinski definition) is 3. The molecule has 0 bridgehead atoms. The van der Waals surface area contributed by atoms with E-state index in [1.54, 1.807) is 6.92 Å². The molecule has 0 radical (unpaired) electrons. The highest BCUT2D eigenvalue weighted by atomic mass is 79.9. The molecule has 1 heterocycles. The van der Waals surface area contributed by atoms with Crippen LogP contribution in [0.4, 0.5) is 8.78 Å². The minimum Gasteiger partial charge on any atom is -0.314 e. The summed E-state index contributed by atoms with van der Waals surface area (Å²) in [6.07, 6.45) is 0. The highest BCUT2D eigenvalue weighted by Gasteiger charge is 2.34. The molecule has 1 atom stereocenters. The van der Waals surface area contributed by atoms with E-state index in [0.717, 1.165) is 6.07 Å². The number of halogens is 3. The Hall–Kier alpha value is -0.570. The van der Waals surface area contributed by atoms with Gasteiger partial charge in [0.1, 0.15) is 16.5 Å². The van der Waals surface area contributed by atoms with E-state index >= 15 is 0 Å². The van der Waals surface area contributed by atoms with Crippen molar-refractivity contribution < 1.29 is 17.2 Å². The first-order chi connectivity index (χ1) is 8.84. The Bertz CT molecular complexity index is 571. The van der Waals surface area contributed by atoms with Gasteiger partial charge in [-0.3, -0.25) is 0 Å². The lowest BCUT2D eigenvalue weighted by molar-refractivity contribution is 0.282. The summed E-state index contributed by atoms with van der Waals surface area (Å²) in [5.41, 5.74) is 0. The molecule has 8 heteroatoms. The van der Waals surface area contributed by atoms with Crippen molar-refractivity contribution in [3.05, 3.63) is 28.2 Å². The molecule has 106 valence electrons. The quantitative estimate of drug-likeness (QED) is 0.879. The van der Waals surface area contributed by atoms with Gasteiger partial charge in [0.15, 0.2) is 0 Å². The first kappa shape index (κ1) is 14.8. The molecule has 1 aromatic carbocycles. The van der Waals surface area contributed by atoms with Crippen molar-refractivity contribution in [2.24, 2.45) is 0 Å². The Morgan fingerprint density at radius 3 is 2.68 bits per heavy atom. The van der Waals surface area contributed by atoms with Crippen molar-refractivity contribution in [3.63, 3.8) is 0 Å². The van der Waals surface area contributed by atoms with Gasteiger partial charge in [-0.15, -0.1) is 0 Å². The maximum atomic E-state index is 13.8. The predicted octanol–water partition coefficient (Wildman–Crippen LogP) is 1.71. The third kappa shape index (κ3) is 2.81. The number of hydrogen-bond donors (Lipinski definition) is 1. The second kappa shape index (κ2) is 5.43. The minimum absolute atomic E-state index is 0.101. The van der Waals surface area contributed by atoms with Crippen LogP contribution < -0.4 is 5.32 Å². The van der Waals surface area contributed by atoms with Gasteiger partial charge in [-0.1, -0.05) is 0 Å². The fraction of sp³-hybridized carbons (Fsp3) is 0.455. The molecule has 2 rings (SSSR count). The third-order valence-electron chi connectivity index (χ3n) is 2.97. The number of benzene rings is 1. The second-order valence-electron chi connectivity index (χ2n) is 4.37. The Labute approximate surface area is 119 Å². The zero-order chi connectivity index (χ0) is 14.2. The minimum atomic E-state index is -3.98. The zero-order valence-electron chi connectivity index (χ0n) is 10.2. The summed E-state index contributed by atoms with van der Waals surface area (Å²) in [7, 11) is -3.98. The van der Waals surface area contributed by atoms with Crippen LogP contribution in [0.5, 0.6) is 0 Å². The van der Waals surface area contributed by atoms with Gasteiger partial charge < -0.3 is 5.32 Å². The van der Waals surface area contributed by atoms with E-state index in [9.17, 15) is 17.2 Å². The first-order valence-corrected chi connectivity index (χ1v) is 7.94. The van der Waals surface area contributed by atoms with E-state index in [1.165, 1.54) is 4.31 Å². The maximum absolute atomic E-state index is 13.8. The van der Waals surface area contributed by atoms with Crippen LogP contribution in [-0.4, -0.2) is 38.4 Å². The normalized spacial score (nSPS) is 21.6. The van der Waals surface area contributed by atoms with Crippen LogP contribution >= 0.6 is 15.9 Å². The number of piperazine rings is 1. The first-order valence-electron chi connectivity index (χ1n) is 5.71. The standard InChI is InChI=1S/C11H13BrF2N2O2S/c1-7-6-15-2-3-16(7)19(17,18)11-9(12)4-8(13)5-10(11)14/h4-5,7,15H,2-3,6H2,1H3/t7-/m0/s1. The van der Waals surface area contributed by atoms with Crippen LogP contribution in [-0.2, 0) is 10.0 Å². The maximum Gasteiger partial charge on any atom is 0.247 e. The number of rotatable bonds is 2. The molecule has 1 aromatic rings. The van der Waals surface area contributed by atoms with Crippen LogP contribution in [0.15, 0.2) is 21.5 Å². The van der Waals surface area contributed by atoms with Crippen molar-refractivity contribution in [1.29, 1.82) is 0 Å². The van der Waals surface area contributed by atoms with Gasteiger partial charge in [-0.2, -0.15) is 4.31 Å². The molecular formula is C11H13BrF2N2O2S. The zero-order valence-corrected chi connectivity index (χ0v) is 12.6. The van der Waals surface area contributed by atoms with E-state index < -0.39 is 26.6 Å². The summed E-state index contributed by atoms with van der Waals surface area (Å²) in [6, 6.07) is 1.24. The van der Waals surface area contributed by atoms with Gasteiger partial charge in [0.2, 0.25) is 10.0 Å². The summed E-state index contributed by atoms with van der Waals surface area (Å²) >= 11 is 2.92. The van der Waals surface area contributed by atoms with Crippen LogP contribution in [0, 0.1) is 11.6 Å². The Morgan fingerprint density at radius 1 is 1.42 bits per heavy atom. The van der Waals surface area contributed by atoms with Gasteiger partial charge >= 0.3 is 0 Å². The number of nitrogens with zero attached hydrogens (tertiary/aromatic N) is 1. The lowest BCUT2D eigenvalue weighted by Gasteiger charge is -2.33. The molecule has 4 nitrogen and oxygen atoms in total. The molecular weight excluding hydrogens is 342 g/mol. The monoisotopic (exact) mass is 354 g/mol. The molecule has 0 saturated carbocycles. The van der Waals surface area contributed by atoms with E-state index in [2.05, 4.69) is 21.2 Å². The van der Waals surface area contributed by atoms with Crippen molar-refractivity contribution in [1.82, 2.24) is 9.62 Å². The van der Waals surface area contributed by atoms with Gasteiger partial charge in [-0.25, -0.2) is 17.2 Å². The summed E-state index contributed by atoms with van der Waals surface area (Å²) in [5.74, 6) is -1.91. The van der Waals surface area contributed by atoms with Crippen molar-refractivity contribution in [3.8, 4) is 0 Å². The topological polar surface area (TPSA) is 49.4 Å². The second-order valence-corrected chi connectivity index (χ2v) is 7.05. The highest BCUT2D eigenvalue weighted by Crippen LogP contribution is 2.30. The largest absolute Gasteiger partial charge is 0.314 e. The fourth-order valence-electron chi connectivity index (χ4n) is 2.07. The Morgan fingerprint density at radius 2 is 2.11 bits per heavy atom. The average molecular weight is 355 g/mol. The molecule has 0 unspecified atom stereocenters. The van der Waals surface area contributed by atoms with Crippen LogP contribution in [0.3, 0.4) is 0 Å². The predicted molar refractivity (Wildman–Crippen MR) is 70.3 cm³/mol. The summed E-state index contributed by atoms with van der Waals surface area (Å²) in [6.45, 7) is 3.00. The van der Waals surface area contributed by atoms with Gasteiger partial charge in [0.05, 0.1) is 0 Å². The van der Waals surface area contributed by atoms with E-state index in [-0.39, 0.29) is 17.1 Å². The fourth-order valence-corrected chi connectivity index (χ4v) is 4.82. The molecule has 1 N–H and O–H groups in total. The SMILES string of the molecule is C[C@H]1CNCCN1S(=O)(=O)c1c(F)cc(F)cc1Br. The lowest BCUT2D eigenvalue weighted by atomic mass is 10.3. The number of sulfonamides is 1. The molecule has 1 fully saturated rings. The average Bonchev–Trinajstić information content (AvgIpc) is 2.27. The summed E-state index contributed by atoms with van der Waals surface area (Å²) in [4.78, 5) is -0.511. The molecule has 0 aromatic heterocycles. The molecule has 1 saturated heterocycles. The Kier molecular flexibility index (Phi) is 4.24. The van der Waals surface area contributed by atoms with Crippen molar-refractivity contribution >= 4 is 26.0 Å². The molecule has 0 aliphatic carbocycles. The van der Waals surface area contributed by atoms with Crippen LogP contribution in [0.25, 0.3) is 0 Å². The van der Waals surface area contributed by atoms with Crippen LogP contribution in [0.1, 0.15) is 6.92 Å². The Balaban J connectivity index is 2.50. The van der Waals surface area contributed by atoms with Crippen molar-refractivity contribution in [2.75, 3.05) is 19.6 Å². The van der Waals surface area contributed by atoms with E-state index in [0.29, 0.717) is 19.2 Å². The smallest absolute Gasteiger partial charge is 0.247 e. The van der Waals surface area contributed by atoms with Crippen LogP contribution in [0.2, 0.25) is 0 Å². The highest BCUT2D eigenvalue weighted by molar-refractivity contribution is 9.10. The molecule has 0 amide bonds. The summed E-state index contributed by atoms with van der Waals surface area (Å²) < 4.78 is 52.9.